The van der Waals surface area contributed by atoms with Crippen LogP contribution in [0.5, 0.6) is 0 Å². The number of likely N-dealkylation sites (tertiary alicyclic amines) is 1. The molecule has 0 saturated carbocycles. The summed E-state index contributed by atoms with van der Waals surface area (Å²) in [6.07, 6.45) is 1.59. The predicted octanol–water partition coefficient (Wildman–Crippen LogP) is 4.42. The molecule has 1 fully saturated rings. The maximum atomic E-state index is 12.7. The van der Waals surface area contributed by atoms with Gasteiger partial charge in [-0.15, -0.1) is 6.58 Å². The molecule has 4 nitrogen and oxygen atoms in total. The number of Topliss-reactive ketones (excluding diaryl/α,β-unsaturated/α-hetero) is 1. The molecule has 0 aliphatic carbocycles. The van der Waals surface area contributed by atoms with Gasteiger partial charge >= 0.3 is 0 Å². The molecule has 1 atom stereocenters. The second-order valence-electron chi connectivity index (χ2n) is 6.93. The molecule has 1 saturated heterocycles. The lowest BCUT2D eigenvalue weighted by atomic mass is 9.93. The van der Waals surface area contributed by atoms with E-state index in [9.17, 15) is 14.7 Å². The molecular formula is C23H23NO3. The SMILES string of the molecule is C=CCN1C(=O)C(=O)/C(=C(\O)c2ccccc2)C1c1ccc(C(C)C)cc1. The number of benzene rings is 2. The van der Waals surface area contributed by atoms with Crippen LogP contribution in [0.4, 0.5) is 0 Å². The van der Waals surface area contributed by atoms with Gasteiger partial charge in [-0.1, -0.05) is 74.5 Å². The molecule has 1 heterocycles. The Kier molecular flexibility index (Phi) is 5.26. The standard InChI is InChI=1S/C23H23NO3/c1-4-14-24-20(17-12-10-16(11-13-17)15(2)3)19(22(26)23(24)27)21(25)18-8-6-5-7-9-18/h4-13,15,20,25H,1,14H2,2-3H3/b21-19-. The number of nitrogens with zero attached hydrogens (tertiary/aromatic N) is 1. The van der Waals surface area contributed by atoms with Crippen LogP contribution >= 0.6 is 0 Å². The fourth-order valence-electron chi connectivity index (χ4n) is 3.37. The first-order chi connectivity index (χ1) is 13.0. The van der Waals surface area contributed by atoms with Crippen LogP contribution < -0.4 is 0 Å². The number of ketones is 1. The van der Waals surface area contributed by atoms with E-state index in [0.717, 1.165) is 5.56 Å². The van der Waals surface area contributed by atoms with Crippen LogP contribution in [0.3, 0.4) is 0 Å². The second kappa shape index (κ2) is 7.62. The molecule has 1 aliphatic rings. The Bertz CT molecular complexity index is 895. The minimum Gasteiger partial charge on any atom is -0.507 e. The molecule has 1 amide bonds. The summed E-state index contributed by atoms with van der Waals surface area (Å²) in [5.74, 6) is -1.07. The predicted molar refractivity (Wildman–Crippen MR) is 106 cm³/mol. The van der Waals surface area contributed by atoms with Crippen molar-refractivity contribution in [1.82, 2.24) is 4.90 Å². The first-order valence-electron chi connectivity index (χ1n) is 9.00. The van der Waals surface area contributed by atoms with Crippen molar-refractivity contribution in [3.63, 3.8) is 0 Å². The molecule has 0 spiro atoms. The molecule has 1 N–H and O–H groups in total. The van der Waals surface area contributed by atoms with E-state index in [1.165, 1.54) is 10.5 Å². The van der Waals surface area contributed by atoms with Gasteiger partial charge < -0.3 is 10.0 Å². The van der Waals surface area contributed by atoms with Crippen molar-refractivity contribution in [3.8, 4) is 0 Å². The molecule has 27 heavy (non-hydrogen) atoms. The van der Waals surface area contributed by atoms with Gasteiger partial charge in [0.05, 0.1) is 11.6 Å². The average Bonchev–Trinajstić information content (AvgIpc) is 2.93. The third-order valence-corrected chi connectivity index (χ3v) is 4.83. The highest BCUT2D eigenvalue weighted by Gasteiger charge is 2.45. The third-order valence-electron chi connectivity index (χ3n) is 4.83. The Labute approximate surface area is 159 Å². The van der Waals surface area contributed by atoms with Crippen molar-refractivity contribution in [3.05, 3.63) is 89.5 Å². The first kappa shape index (κ1) is 18.6. The summed E-state index contributed by atoms with van der Waals surface area (Å²) in [7, 11) is 0. The highest BCUT2D eigenvalue weighted by atomic mass is 16.3. The van der Waals surface area contributed by atoms with Crippen LogP contribution in [0.2, 0.25) is 0 Å². The van der Waals surface area contributed by atoms with Gasteiger partial charge in [-0.25, -0.2) is 0 Å². The van der Waals surface area contributed by atoms with Crippen LogP contribution in [0.1, 0.15) is 42.5 Å². The van der Waals surface area contributed by atoms with Gasteiger partial charge in [-0.2, -0.15) is 0 Å². The van der Waals surface area contributed by atoms with Gasteiger partial charge in [0.25, 0.3) is 11.7 Å². The molecule has 0 bridgehead atoms. The van der Waals surface area contributed by atoms with E-state index in [0.29, 0.717) is 11.5 Å². The summed E-state index contributed by atoms with van der Waals surface area (Å²) in [4.78, 5) is 26.8. The molecule has 1 unspecified atom stereocenters. The van der Waals surface area contributed by atoms with E-state index in [4.69, 9.17) is 0 Å². The summed E-state index contributed by atoms with van der Waals surface area (Å²) >= 11 is 0. The fraction of sp³-hybridized carbons (Fsp3) is 0.217. The van der Waals surface area contributed by atoms with Gasteiger partial charge in [0, 0.05) is 12.1 Å². The van der Waals surface area contributed by atoms with Crippen LogP contribution in [0, 0.1) is 0 Å². The lowest BCUT2D eigenvalue weighted by Gasteiger charge is -2.24. The van der Waals surface area contributed by atoms with Gasteiger partial charge in [0.2, 0.25) is 0 Å². The van der Waals surface area contributed by atoms with Crippen molar-refractivity contribution in [2.24, 2.45) is 0 Å². The summed E-state index contributed by atoms with van der Waals surface area (Å²) in [6.45, 7) is 8.13. The Morgan fingerprint density at radius 1 is 1.11 bits per heavy atom. The smallest absolute Gasteiger partial charge is 0.295 e. The summed E-state index contributed by atoms with van der Waals surface area (Å²) in [5.41, 5.74) is 2.59. The molecule has 1 aliphatic heterocycles. The maximum absolute atomic E-state index is 12.7. The van der Waals surface area contributed by atoms with E-state index in [1.807, 2.05) is 30.3 Å². The zero-order valence-electron chi connectivity index (χ0n) is 15.6. The van der Waals surface area contributed by atoms with Gasteiger partial charge in [0.1, 0.15) is 5.76 Å². The van der Waals surface area contributed by atoms with E-state index in [1.54, 1.807) is 30.3 Å². The lowest BCUT2D eigenvalue weighted by Crippen LogP contribution is -2.29. The summed E-state index contributed by atoms with van der Waals surface area (Å²) < 4.78 is 0. The van der Waals surface area contributed by atoms with Gasteiger partial charge in [-0.3, -0.25) is 9.59 Å². The first-order valence-corrected chi connectivity index (χ1v) is 9.00. The largest absolute Gasteiger partial charge is 0.507 e. The summed E-state index contributed by atoms with van der Waals surface area (Å²) in [5, 5.41) is 10.8. The monoisotopic (exact) mass is 361 g/mol. The van der Waals surface area contributed by atoms with Crippen molar-refractivity contribution in [2.75, 3.05) is 6.54 Å². The zero-order valence-corrected chi connectivity index (χ0v) is 15.6. The number of carbonyl (C=O) groups excluding carboxylic acids is 2. The Hall–Kier alpha value is -3.14. The highest BCUT2D eigenvalue weighted by molar-refractivity contribution is 6.46. The van der Waals surface area contributed by atoms with Crippen LogP contribution in [-0.4, -0.2) is 28.2 Å². The zero-order chi connectivity index (χ0) is 19.6. The molecule has 3 rings (SSSR count). The minimum atomic E-state index is -0.670. The number of hydrogen-bond donors (Lipinski definition) is 1. The number of rotatable bonds is 5. The average molecular weight is 361 g/mol. The van der Waals surface area contributed by atoms with Gasteiger partial charge in [0.15, 0.2) is 0 Å². The number of aliphatic hydroxyl groups excluding tert-OH is 1. The van der Waals surface area contributed by atoms with Crippen molar-refractivity contribution in [2.45, 2.75) is 25.8 Å². The van der Waals surface area contributed by atoms with Crippen molar-refractivity contribution in [1.29, 1.82) is 0 Å². The normalized spacial score (nSPS) is 18.9. The van der Waals surface area contributed by atoms with E-state index < -0.39 is 17.7 Å². The molecular weight excluding hydrogens is 338 g/mol. The van der Waals surface area contributed by atoms with E-state index >= 15 is 0 Å². The fourth-order valence-corrected chi connectivity index (χ4v) is 3.37. The Morgan fingerprint density at radius 3 is 2.30 bits per heavy atom. The van der Waals surface area contributed by atoms with E-state index in [2.05, 4.69) is 20.4 Å². The number of hydrogen-bond acceptors (Lipinski definition) is 3. The molecule has 2 aromatic carbocycles. The molecule has 4 heteroatoms. The highest BCUT2D eigenvalue weighted by Crippen LogP contribution is 2.39. The van der Waals surface area contributed by atoms with Crippen molar-refractivity contribution >= 4 is 17.4 Å². The molecule has 2 aromatic rings. The van der Waals surface area contributed by atoms with E-state index in [-0.39, 0.29) is 17.9 Å². The second-order valence-corrected chi connectivity index (χ2v) is 6.93. The molecule has 0 aromatic heterocycles. The lowest BCUT2D eigenvalue weighted by molar-refractivity contribution is -0.139. The van der Waals surface area contributed by atoms with Gasteiger partial charge in [-0.05, 0) is 17.0 Å². The Morgan fingerprint density at radius 2 is 1.74 bits per heavy atom. The maximum Gasteiger partial charge on any atom is 0.295 e. The number of carbonyl (C=O) groups is 2. The number of aliphatic hydroxyl groups is 1. The molecule has 0 radical (unpaired) electrons. The Balaban J connectivity index is 2.16. The quantitative estimate of drug-likeness (QED) is 0.371. The molecule has 138 valence electrons. The topological polar surface area (TPSA) is 57.6 Å². The van der Waals surface area contributed by atoms with Crippen molar-refractivity contribution < 1.29 is 14.7 Å². The third kappa shape index (κ3) is 3.43. The minimum absolute atomic E-state index is 0.116. The van der Waals surface area contributed by atoms with Crippen LogP contribution in [0.25, 0.3) is 5.76 Å². The number of amides is 1. The van der Waals surface area contributed by atoms with Crippen LogP contribution in [0.15, 0.2) is 72.8 Å². The van der Waals surface area contributed by atoms with Crippen LogP contribution in [-0.2, 0) is 9.59 Å². The summed E-state index contributed by atoms with van der Waals surface area (Å²) in [6, 6.07) is 16.0.